The van der Waals surface area contributed by atoms with Crippen LogP contribution in [-0.4, -0.2) is 20.9 Å². The Balaban J connectivity index is 2.48. The summed E-state index contributed by atoms with van der Waals surface area (Å²) in [6.07, 6.45) is -2.31. The average Bonchev–Trinajstić information content (AvgIpc) is 2.38. The predicted molar refractivity (Wildman–Crippen MR) is 58.8 cm³/mol. The smallest absolute Gasteiger partial charge is 0.364 e. The van der Waals surface area contributed by atoms with Crippen LogP contribution < -0.4 is 5.73 Å². The number of pyridine rings is 1. The number of amides is 1. The summed E-state index contributed by atoms with van der Waals surface area (Å²) in [5.41, 5.74) is 4.01. The van der Waals surface area contributed by atoms with Gasteiger partial charge in [-0.05, 0) is 18.2 Å². The fraction of sp³-hybridized carbons (Fsp3) is 0.0909. The van der Waals surface area contributed by atoms with Crippen LogP contribution in [0, 0.1) is 0 Å². The first-order valence-electron chi connectivity index (χ1n) is 5.04. The van der Waals surface area contributed by atoms with Gasteiger partial charge in [0.2, 0.25) is 0 Å². The number of rotatable bonds is 2. The maximum atomic E-state index is 12.5. The second-order valence-electron chi connectivity index (χ2n) is 3.56. The molecule has 0 spiro atoms. The molecule has 0 aromatic carbocycles. The Morgan fingerprint density at radius 3 is 2.47 bits per heavy atom. The van der Waals surface area contributed by atoms with Crippen LogP contribution in [0.5, 0.6) is 0 Å². The van der Waals surface area contributed by atoms with Crippen LogP contribution in [0.2, 0.25) is 0 Å². The van der Waals surface area contributed by atoms with Gasteiger partial charge >= 0.3 is 6.18 Å². The Bertz CT molecular complexity index is 627. The molecule has 2 heterocycles. The minimum atomic E-state index is -4.56. The minimum absolute atomic E-state index is 0.0239. The SMILES string of the molecule is NC(=O)c1ccnc(-c2ccnc(C(F)(F)F)c2)n1. The van der Waals surface area contributed by atoms with E-state index in [1.54, 1.807) is 0 Å². The molecule has 8 heteroatoms. The lowest BCUT2D eigenvalue weighted by molar-refractivity contribution is -0.141. The van der Waals surface area contributed by atoms with Gasteiger partial charge in [0.15, 0.2) is 5.82 Å². The molecule has 5 nitrogen and oxygen atoms in total. The molecule has 0 saturated carbocycles. The topological polar surface area (TPSA) is 81.8 Å². The molecule has 2 rings (SSSR count). The number of alkyl halides is 3. The highest BCUT2D eigenvalue weighted by Gasteiger charge is 2.32. The lowest BCUT2D eigenvalue weighted by Crippen LogP contribution is -2.13. The van der Waals surface area contributed by atoms with Crippen LogP contribution in [0.25, 0.3) is 11.4 Å². The van der Waals surface area contributed by atoms with Gasteiger partial charge < -0.3 is 5.73 Å². The zero-order valence-electron chi connectivity index (χ0n) is 9.35. The largest absolute Gasteiger partial charge is 0.433 e. The third-order valence-corrected chi connectivity index (χ3v) is 2.22. The van der Waals surface area contributed by atoms with Gasteiger partial charge in [0.1, 0.15) is 11.4 Å². The summed E-state index contributed by atoms with van der Waals surface area (Å²) in [5, 5.41) is 0. The summed E-state index contributed by atoms with van der Waals surface area (Å²) in [6.45, 7) is 0. The predicted octanol–water partition coefficient (Wildman–Crippen LogP) is 1.66. The minimum Gasteiger partial charge on any atom is -0.364 e. The number of aromatic nitrogens is 3. The normalized spacial score (nSPS) is 11.3. The van der Waals surface area contributed by atoms with E-state index in [9.17, 15) is 18.0 Å². The Morgan fingerprint density at radius 1 is 1.16 bits per heavy atom. The van der Waals surface area contributed by atoms with Crippen molar-refractivity contribution in [2.24, 2.45) is 5.73 Å². The van der Waals surface area contributed by atoms with Crippen LogP contribution in [0.3, 0.4) is 0 Å². The summed E-state index contributed by atoms with van der Waals surface area (Å²) >= 11 is 0. The molecule has 2 N–H and O–H groups in total. The molecule has 0 unspecified atom stereocenters. The van der Waals surface area contributed by atoms with Crippen molar-refractivity contribution in [3.05, 3.63) is 42.0 Å². The van der Waals surface area contributed by atoms with E-state index < -0.39 is 17.8 Å². The highest BCUT2D eigenvalue weighted by atomic mass is 19.4. The van der Waals surface area contributed by atoms with Gasteiger partial charge in [-0.1, -0.05) is 0 Å². The molecule has 2 aromatic heterocycles. The Labute approximate surface area is 105 Å². The van der Waals surface area contributed by atoms with Crippen molar-refractivity contribution in [2.75, 3.05) is 0 Å². The molecule has 0 fully saturated rings. The van der Waals surface area contributed by atoms with Gasteiger partial charge in [-0.15, -0.1) is 0 Å². The van der Waals surface area contributed by atoms with Crippen molar-refractivity contribution in [1.29, 1.82) is 0 Å². The van der Waals surface area contributed by atoms with Gasteiger partial charge in [0.25, 0.3) is 5.91 Å². The first-order valence-corrected chi connectivity index (χ1v) is 5.04. The second kappa shape index (κ2) is 4.63. The number of primary amides is 1. The number of hydrogen-bond donors (Lipinski definition) is 1. The molecule has 0 aliphatic rings. The van der Waals surface area contributed by atoms with E-state index in [-0.39, 0.29) is 17.1 Å². The number of nitrogens with two attached hydrogens (primary N) is 1. The summed E-state index contributed by atoms with van der Waals surface area (Å²) in [5.74, 6) is -0.807. The molecule has 19 heavy (non-hydrogen) atoms. The lowest BCUT2D eigenvalue weighted by Gasteiger charge is -2.07. The number of nitrogens with zero attached hydrogens (tertiary/aromatic N) is 3. The zero-order valence-corrected chi connectivity index (χ0v) is 9.35. The third-order valence-electron chi connectivity index (χ3n) is 2.22. The summed E-state index contributed by atoms with van der Waals surface area (Å²) < 4.78 is 37.5. The number of halogens is 3. The monoisotopic (exact) mass is 268 g/mol. The summed E-state index contributed by atoms with van der Waals surface area (Å²) in [6, 6.07) is 3.40. The van der Waals surface area contributed by atoms with Crippen LogP contribution in [-0.2, 0) is 6.18 Å². The highest BCUT2D eigenvalue weighted by molar-refractivity contribution is 5.91. The summed E-state index contributed by atoms with van der Waals surface area (Å²) in [4.78, 5) is 21.8. The van der Waals surface area contributed by atoms with Crippen molar-refractivity contribution in [3.8, 4) is 11.4 Å². The number of hydrogen-bond acceptors (Lipinski definition) is 4. The number of carbonyl (C=O) groups excluding carboxylic acids is 1. The third kappa shape index (κ3) is 2.84. The molecular weight excluding hydrogens is 261 g/mol. The Morgan fingerprint density at radius 2 is 1.84 bits per heavy atom. The van der Waals surface area contributed by atoms with Crippen LogP contribution >= 0.6 is 0 Å². The highest BCUT2D eigenvalue weighted by Crippen LogP contribution is 2.29. The molecule has 0 atom stereocenters. The number of carbonyl (C=O) groups is 1. The Kier molecular flexibility index (Phi) is 3.16. The van der Waals surface area contributed by atoms with E-state index >= 15 is 0 Å². The van der Waals surface area contributed by atoms with Crippen molar-refractivity contribution in [3.63, 3.8) is 0 Å². The maximum absolute atomic E-state index is 12.5. The van der Waals surface area contributed by atoms with E-state index in [2.05, 4.69) is 15.0 Å². The quantitative estimate of drug-likeness (QED) is 0.897. The standard InChI is InChI=1S/C11H7F3N4O/c12-11(13,14)8-5-6(1-3-16-8)10-17-4-2-7(18-10)9(15)19/h1-5H,(H2,15,19). The molecule has 0 aliphatic heterocycles. The van der Waals surface area contributed by atoms with Gasteiger partial charge in [-0.2, -0.15) is 13.2 Å². The van der Waals surface area contributed by atoms with Crippen LogP contribution in [0.15, 0.2) is 30.6 Å². The first kappa shape index (κ1) is 12.9. The van der Waals surface area contributed by atoms with Gasteiger partial charge in [-0.3, -0.25) is 9.78 Å². The van der Waals surface area contributed by atoms with E-state index in [1.165, 1.54) is 18.3 Å². The van der Waals surface area contributed by atoms with Crippen molar-refractivity contribution >= 4 is 5.91 Å². The van der Waals surface area contributed by atoms with Gasteiger partial charge in [-0.25, -0.2) is 9.97 Å². The van der Waals surface area contributed by atoms with E-state index in [0.717, 1.165) is 12.3 Å². The maximum Gasteiger partial charge on any atom is 0.433 e. The first-order chi connectivity index (χ1) is 8.88. The molecule has 98 valence electrons. The molecule has 0 radical (unpaired) electrons. The molecule has 2 aromatic rings. The molecule has 1 amide bonds. The van der Waals surface area contributed by atoms with Gasteiger partial charge in [0.05, 0.1) is 0 Å². The van der Waals surface area contributed by atoms with E-state index in [4.69, 9.17) is 5.73 Å². The molecule has 0 saturated heterocycles. The van der Waals surface area contributed by atoms with Crippen LogP contribution in [0.1, 0.15) is 16.2 Å². The van der Waals surface area contributed by atoms with Crippen LogP contribution in [0.4, 0.5) is 13.2 Å². The average molecular weight is 268 g/mol. The van der Waals surface area contributed by atoms with E-state index in [0.29, 0.717) is 0 Å². The van der Waals surface area contributed by atoms with Gasteiger partial charge in [0, 0.05) is 18.0 Å². The van der Waals surface area contributed by atoms with Crippen molar-refractivity contribution < 1.29 is 18.0 Å². The molecule has 0 bridgehead atoms. The fourth-order valence-corrected chi connectivity index (χ4v) is 1.36. The molecular formula is C11H7F3N4O. The Hall–Kier alpha value is -2.51. The van der Waals surface area contributed by atoms with E-state index in [1.807, 2.05) is 0 Å². The van der Waals surface area contributed by atoms with Crippen molar-refractivity contribution in [1.82, 2.24) is 15.0 Å². The lowest BCUT2D eigenvalue weighted by atomic mass is 10.2. The fourth-order valence-electron chi connectivity index (χ4n) is 1.36. The second-order valence-corrected chi connectivity index (χ2v) is 3.56. The summed E-state index contributed by atoms with van der Waals surface area (Å²) in [7, 11) is 0. The zero-order chi connectivity index (χ0) is 14.0. The van der Waals surface area contributed by atoms with Crippen molar-refractivity contribution in [2.45, 2.75) is 6.18 Å². The molecule has 0 aliphatic carbocycles.